The summed E-state index contributed by atoms with van der Waals surface area (Å²) in [6, 6.07) is 13.8. The van der Waals surface area contributed by atoms with Gasteiger partial charge in [0.15, 0.2) is 0 Å². The molecule has 0 saturated heterocycles. The number of hydrogen-bond donors (Lipinski definition) is 6. The molecule has 1 aliphatic carbocycles. The second kappa shape index (κ2) is 9.29. The summed E-state index contributed by atoms with van der Waals surface area (Å²) < 4.78 is 0. The Labute approximate surface area is 176 Å². The van der Waals surface area contributed by atoms with Gasteiger partial charge in [-0.15, -0.1) is 0 Å². The number of fused-ring (bicyclic) bond motifs is 1. The van der Waals surface area contributed by atoms with E-state index in [-0.39, 0.29) is 5.92 Å². The Morgan fingerprint density at radius 2 is 1.60 bits per heavy atom. The minimum absolute atomic E-state index is 0.274. The first kappa shape index (κ1) is 22.5. The number of aliphatic hydroxyl groups is 6. The predicted octanol–water partition coefficient (Wildman–Crippen LogP) is 1.66. The van der Waals surface area contributed by atoms with Crippen LogP contribution < -0.4 is 0 Å². The number of rotatable bonds is 8. The molecule has 0 saturated carbocycles. The number of aryl methyl sites for hydroxylation is 2. The summed E-state index contributed by atoms with van der Waals surface area (Å²) in [6.07, 6.45) is -5.45. The zero-order valence-corrected chi connectivity index (χ0v) is 17.2. The van der Waals surface area contributed by atoms with Gasteiger partial charge < -0.3 is 30.6 Å². The van der Waals surface area contributed by atoms with Crippen LogP contribution in [0.2, 0.25) is 0 Å². The average molecular weight is 414 g/mol. The summed E-state index contributed by atoms with van der Waals surface area (Å²) >= 11 is 0. The van der Waals surface area contributed by atoms with Crippen LogP contribution in [-0.2, 0) is 12.8 Å². The zero-order valence-electron chi connectivity index (χ0n) is 17.2. The molecule has 6 nitrogen and oxygen atoms in total. The van der Waals surface area contributed by atoms with E-state index in [1.807, 2.05) is 36.4 Å². The van der Waals surface area contributed by atoms with Gasteiger partial charge in [-0.25, -0.2) is 0 Å². The standard InChI is InChI=1S/C24H30O6/c1-3-13-9-10-16-17(11-13)19(15-8-6-5-7-14(15)4-2)20(16)22(28)24(30)23(29)21(27)18(26)12-25/h5-11,18-19,21,23-30H,3-4,12H2,1-2H3/t18-,19?,21-,23+,24+/m1/s1. The molecule has 2 aromatic rings. The minimum Gasteiger partial charge on any atom is -0.509 e. The van der Waals surface area contributed by atoms with Crippen molar-refractivity contribution in [1.29, 1.82) is 0 Å². The van der Waals surface area contributed by atoms with E-state index in [9.17, 15) is 25.5 Å². The smallest absolute Gasteiger partial charge is 0.139 e. The lowest BCUT2D eigenvalue weighted by atomic mass is 9.66. The lowest BCUT2D eigenvalue weighted by molar-refractivity contribution is -0.112. The topological polar surface area (TPSA) is 121 Å². The van der Waals surface area contributed by atoms with Crippen molar-refractivity contribution in [3.05, 3.63) is 76.0 Å². The molecule has 30 heavy (non-hydrogen) atoms. The van der Waals surface area contributed by atoms with Crippen molar-refractivity contribution in [2.75, 3.05) is 6.61 Å². The molecule has 6 heteroatoms. The van der Waals surface area contributed by atoms with Gasteiger partial charge in [-0.2, -0.15) is 0 Å². The van der Waals surface area contributed by atoms with Crippen LogP contribution in [0.25, 0.3) is 5.57 Å². The Balaban J connectivity index is 2.09. The zero-order chi connectivity index (χ0) is 22.0. The SMILES string of the molecule is CCc1ccc2c(c1)C(c1ccccc1CC)C2=C(O)[C@H](O)[C@@H](O)[C@H](O)[C@H](O)CO. The Morgan fingerprint density at radius 3 is 2.23 bits per heavy atom. The summed E-state index contributed by atoms with van der Waals surface area (Å²) in [5.41, 5.74) is 5.60. The number of benzene rings is 2. The van der Waals surface area contributed by atoms with E-state index in [0.29, 0.717) is 5.57 Å². The lowest BCUT2D eigenvalue weighted by Gasteiger charge is -2.38. The highest BCUT2D eigenvalue weighted by molar-refractivity contribution is 5.89. The summed E-state index contributed by atoms with van der Waals surface area (Å²) in [6.45, 7) is 3.34. The van der Waals surface area contributed by atoms with Crippen LogP contribution in [0, 0.1) is 0 Å². The Hall–Kier alpha value is -2.22. The Kier molecular flexibility index (Phi) is 6.95. The number of allylic oxidation sites excluding steroid dienone is 1. The molecule has 0 radical (unpaired) electrons. The molecule has 0 aromatic heterocycles. The summed E-state index contributed by atoms with van der Waals surface area (Å²) in [4.78, 5) is 0. The van der Waals surface area contributed by atoms with Gasteiger partial charge in [-0.05, 0) is 40.7 Å². The van der Waals surface area contributed by atoms with Crippen LogP contribution >= 0.6 is 0 Å². The van der Waals surface area contributed by atoms with Crippen molar-refractivity contribution in [3.8, 4) is 0 Å². The molecule has 3 rings (SSSR count). The van der Waals surface area contributed by atoms with Crippen LogP contribution in [-0.4, -0.2) is 61.7 Å². The van der Waals surface area contributed by atoms with Crippen LogP contribution in [0.15, 0.2) is 48.2 Å². The van der Waals surface area contributed by atoms with Crippen molar-refractivity contribution in [3.63, 3.8) is 0 Å². The normalized spacial score (nSPS) is 21.2. The molecule has 5 atom stereocenters. The van der Waals surface area contributed by atoms with E-state index < -0.39 is 36.8 Å². The molecule has 0 aliphatic heterocycles. The van der Waals surface area contributed by atoms with Gasteiger partial charge in [-0.1, -0.05) is 56.3 Å². The fourth-order valence-corrected chi connectivity index (χ4v) is 4.14. The third-order valence-electron chi connectivity index (χ3n) is 5.97. The Bertz CT molecular complexity index is 922. The lowest BCUT2D eigenvalue weighted by Crippen LogP contribution is -2.47. The van der Waals surface area contributed by atoms with Gasteiger partial charge >= 0.3 is 0 Å². The van der Waals surface area contributed by atoms with Crippen LogP contribution in [0.1, 0.15) is 47.6 Å². The third kappa shape index (κ3) is 3.89. The molecule has 0 amide bonds. The quantitative estimate of drug-likeness (QED) is 0.366. The fourth-order valence-electron chi connectivity index (χ4n) is 4.14. The van der Waals surface area contributed by atoms with Crippen molar-refractivity contribution in [2.24, 2.45) is 0 Å². The fraction of sp³-hybridized carbons (Fsp3) is 0.417. The Morgan fingerprint density at radius 1 is 0.900 bits per heavy atom. The molecule has 0 bridgehead atoms. The molecule has 0 heterocycles. The predicted molar refractivity (Wildman–Crippen MR) is 114 cm³/mol. The monoisotopic (exact) mass is 414 g/mol. The second-order valence-corrected chi connectivity index (χ2v) is 7.74. The summed E-state index contributed by atoms with van der Waals surface area (Å²) in [7, 11) is 0. The largest absolute Gasteiger partial charge is 0.509 e. The van der Waals surface area contributed by atoms with E-state index in [1.54, 1.807) is 0 Å². The molecule has 1 aliphatic rings. The molecule has 162 valence electrons. The van der Waals surface area contributed by atoms with Crippen molar-refractivity contribution in [2.45, 2.75) is 57.0 Å². The highest BCUT2D eigenvalue weighted by Gasteiger charge is 2.41. The van der Waals surface area contributed by atoms with E-state index in [0.717, 1.165) is 40.7 Å². The van der Waals surface area contributed by atoms with Crippen molar-refractivity contribution < 1.29 is 30.6 Å². The molecule has 2 aromatic carbocycles. The van der Waals surface area contributed by atoms with Gasteiger partial charge in [0.2, 0.25) is 0 Å². The molecule has 1 unspecified atom stereocenters. The van der Waals surface area contributed by atoms with Crippen molar-refractivity contribution in [1.82, 2.24) is 0 Å². The van der Waals surface area contributed by atoms with Crippen molar-refractivity contribution >= 4 is 5.57 Å². The van der Waals surface area contributed by atoms with E-state index in [1.165, 1.54) is 0 Å². The highest BCUT2D eigenvalue weighted by Crippen LogP contribution is 2.52. The van der Waals surface area contributed by atoms with Crippen LogP contribution in [0.5, 0.6) is 0 Å². The highest BCUT2D eigenvalue weighted by atomic mass is 16.4. The van der Waals surface area contributed by atoms with Gasteiger partial charge in [0, 0.05) is 11.5 Å². The second-order valence-electron chi connectivity index (χ2n) is 7.74. The minimum atomic E-state index is -1.86. The molecule has 0 fully saturated rings. The van der Waals surface area contributed by atoms with Crippen LogP contribution in [0.3, 0.4) is 0 Å². The third-order valence-corrected chi connectivity index (χ3v) is 5.97. The number of aliphatic hydroxyl groups excluding tert-OH is 6. The molecule has 6 N–H and O–H groups in total. The van der Waals surface area contributed by atoms with Crippen LogP contribution in [0.4, 0.5) is 0 Å². The molecular formula is C24H30O6. The summed E-state index contributed by atoms with van der Waals surface area (Å²) in [5, 5.41) is 60.2. The first-order chi connectivity index (χ1) is 14.3. The maximum atomic E-state index is 10.9. The van der Waals surface area contributed by atoms with E-state index >= 15 is 0 Å². The van der Waals surface area contributed by atoms with Gasteiger partial charge in [0.25, 0.3) is 0 Å². The van der Waals surface area contributed by atoms with E-state index in [4.69, 9.17) is 5.11 Å². The van der Waals surface area contributed by atoms with Gasteiger partial charge in [0.1, 0.15) is 30.2 Å². The molecule has 0 spiro atoms. The van der Waals surface area contributed by atoms with Gasteiger partial charge in [-0.3, -0.25) is 0 Å². The summed E-state index contributed by atoms with van der Waals surface area (Å²) in [5.74, 6) is -0.719. The number of hydrogen-bond acceptors (Lipinski definition) is 6. The first-order valence-corrected chi connectivity index (χ1v) is 10.3. The maximum absolute atomic E-state index is 10.9. The van der Waals surface area contributed by atoms with Gasteiger partial charge in [0.05, 0.1) is 6.61 Å². The average Bonchev–Trinajstić information content (AvgIpc) is 2.77. The van der Waals surface area contributed by atoms with E-state index in [2.05, 4.69) is 19.9 Å². The maximum Gasteiger partial charge on any atom is 0.139 e. The first-order valence-electron chi connectivity index (χ1n) is 10.3. The molecular weight excluding hydrogens is 384 g/mol.